The van der Waals surface area contributed by atoms with Gasteiger partial charge in [-0.3, -0.25) is 10.1 Å². The normalized spacial score (nSPS) is 18.1. The van der Waals surface area contributed by atoms with Crippen molar-refractivity contribution in [1.82, 2.24) is 9.97 Å². The van der Waals surface area contributed by atoms with Crippen LogP contribution >= 0.6 is 22.7 Å². The molecule has 0 radical (unpaired) electrons. The summed E-state index contributed by atoms with van der Waals surface area (Å²) < 4.78 is 5.53. The van der Waals surface area contributed by atoms with Crippen molar-refractivity contribution in [1.29, 1.82) is 0 Å². The molecule has 0 bridgehead atoms. The largest absolute Gasteiger partial charge is 0.376 e. The molecule has 0 saturated carbocycles. The van der Waals surface area contributed by atoms with Crippen LogP contribution in [0.25, 0.3) is 0 Å². The molecule has 2 aromatic rings. The minimum absolute atomic E-state index is 0.235. The molecular weight excluding hydrogens is 296 g/mol. The van der Waals surface area contributed by atoms with Crippen LogP contribution in [0.2, 0.25) is 0 Å². The van der Waals surface area contributed by atoms with Crippen molar-refractivity contribution in [2.45, 2.75) is 18.9 Å². The predicted molar refractivity (Wildman–Crippen MR) is 79.6 cm³/mol. The van der Waals surface area contributed by atoms with Gasteiger partial charge in [0.05, 0.1) is 6.10 Å². The Hall–Kier alpha value is -1.51. The standard InChI is InChI=1S/C12H14N4O2S2/c17-10(16-11-13-3-5-19-11)9-7-20-12(15-9)14-6-8-2-1-4-18-8/h3,5,7-8H,1-2,4,6H2,(H,14,15)(H,13,16,17)/t8-/m0/s1. The van der Waals surface area contributed by atoms with E-state index in [0.717, 1.165) is 31.1 Å². The average Bonchev–Trinajstić information content (AvgIpc) is 3.19. The number of nitrogens with zero attached hydrogens (tertiary/aromatic N) is 2. The van der Waals surface area contributed by atoms with E-state index in [9.17, 15) is 4.79 Å². The van der Waals surface area contributed by atoms with Gasteiger partial charge in [0.15, 0.2) is 10.3 Å². The summed E-state index contributed by atoms with van der Waals surface area (Å²) in [4.78, 5) is 20.2. The number of anilines is 2. The summed E-state index contributed by atoms with van der Waals surface area (Å²) in [6.45, 7) is 1.58. The third-order valence-electron chi connectivity index (χ3n) is 2.89. The van der Waals surface area contributed by atoms with Crippen molar-refractivity contribution in [3.05, 3.63) is 22.7 Å². The van der Waals surface area contributed by atoms with Gasteiger partial charge >= 0.3 is 0 Å². The zero-order valence-corrected chi connectivity index (χ0v) is 12.3. The Labute approximate surface area is 124 Å². The summed E-state index contributed by atoms with van der Waals surface area (Å²) in [5, 5.41) is 10.8. The summed E-state index contributed by atoms with van der Waals surface area (Å²) in [5.41, 5.74) is 0.403. The highest BCUT2D eigenvalue weighted by molar-refractivity contribution is 7.14. The van der Waals surface area contributed by atoms with Crippen LogP contribution in [0.15, 0.2) is 17.0 Å². The van der Waals surface area contributed by atoms with Crippen LogP contribution in [0.4, 0.5) is 10.3 Å². The smallest absolute Gasteiger partial charge is 0.276 e. The maximum atomic E-state index is 11.9. The van der Waals surface area contributed by atoms with Crippen molar-refractivity contribution < 1.29 is 9.53 Å². The number of aromatic nitrogens is 2. The first kappa shape index (κ1) is 13.5. The number of rotatable bonds is 5. The molecule has 6 nitrogen and oxygen atoms in total. The lowest BCUT2D eigenvalue weighted by atomic mass is 10.2. The summed E-state index contributed by atoms with van der Waals surface area (Å²) in [6.07, 6.45) is 4.10. The number of hydrogen-bond acceptors (Lipinski definition) is 7. The Morgan fingerprint density at radius 2 is 2.40 bits per heavy atom. The van der Waals surface area contributed by atoms with Crippen LogP contribution in [0.3, 0.4) is 0 Å². The number of carbonyl (C=O) groups is 1. The second-order valence-corrected chi connectivity index (χ2v) is 6.10. The van der Waals surface area contributed by atoms with Gasteiger partial charge < -0.3 is 10.1 Å². The van der Waals surface area contributed by atoms with Crippen LogP contribution in [-0.2, 0) is 4.74 Å². The maximum absolute atomic E-state index is 11.9. The first-order valence-electron chi connectivity index (χ1n) is 6.33. The van der Waals surface area contributed by atoms with E-state index in [1.165, 1.54) is 22.7 Å². The minimum atomic E-state index is -0.235. The fraction of sp³-hybridized carbons (Fsp3) is 0.417. The quantitative estimate of drug-likeness (QED) is 0.887. The highest BCUT2D eigenvalue weighted by Gasteiger charge is 2.16. The van der Waals surface area contributed by atoms with Crippen molar-refractivity contribution in [2.24, 2.45) is 0 Å². The monoisotopic (exact) mass is 310 g/mol. The Morgan fingerprint density at radius 3 is 3.15 bits per heavy atom. The zero-order chi connectivity index (χ0) is 13.8. The molecule has 1 saturated heterocycles. The second-order valence-electron chi connectivity index (χ2n) is 4.35. The summed E-state index contributed by atoms with van der Waals surface area (Å²) in [5.74, 6) is -0.235. The van der Waals surface area contributed by atoms with Gasteiger partial charge in [-0.15, -0.1) is 22.7 Å². The molecule has 2 N–H and O–H groups in total. The van der Waals surface area contributed by atoms with Gasteiger partial charge in [-0.25, -0.2) is 9.97 Å². The molecular formula is C12H14N4O2S2. The number of carbonyl (C=O) groups excluding carboxylic acids is 1. The molecule has 0 aliphatic carbocycles. The van der Waals surface area contributed by atoms with Gasteiger partial charge in [0, 0.05) is 30.1 Å². The van der Waals surface area contributed by atoms with Crippen molar-refractivity contribution in [3.63, 3.8) is 0 Å². The van der Waals surface area contributed by atoms with E-state index in [0.29, 0.717) is 10.8 Å². The molecule has 1 aliphatic rings. The molecule has 1 amide bonds. The highest BCUT2D eigenvalue weighted by Crippen LogP contribution is 2.19. The lowest BCUT2D eigenvalue weighted by Gasteiger charge is -2.08. The maximum Gasteiger partial charge on any atom is 0.276 e. The summed E-state index contributed by atoms with van der Waals surface area (Å²) in [6, 6.07) is 0. The van der Waals surface area contributed by atoms with Gasteiger partial charge in [-0.1, -0.05) is 0 Å². The van der Waals surface area contributed by atoms with Crippen molar-refractivity contribution in [2.75, 3.05) is 23.8 Å². The molecule has 2 aromatic heterocycles. The van der Waals surface area contributed by atoms with Crippen LogP contribution < -0.4 is 10.6 Å². The molecule has 0 unspecified atom stereocenters. The fourth-order valence-electron chi connectivity index (χ4n) is 1.91. The van der Waals surface area contributed by atoms with Crippen molar-refractivity contribution >= 4 is 38.8 Å². The van der Waals surface area contributed by atoms with Gasteiger partial charge in [0.1, 0.15) is 5.69 Å². The molecule has 0 spiro atoms. The topological polar surface area (TPSA) is 76.1 Å². The third-order valence-corrected chi connectivity index (χ3v) is 4.38. The van der Waals surface area contributed by atoms with E-state index < -0.39 is 0 Å². The fourth-order valence-corrected chi connectivity index (χ4v) is 3.14. The molecule has 8 heteroatoms. The molecule has 0 aromatic carbocycles. The average molecular weight is 310 g/mol. The van der Waals surface area contributed by atoms with Crippen LogP contribution in [0, 0.1) is 0 Å². The van der Waals surface area contributed by atoms with E-state index in [2.05, 4.69) is 20.6 Å². The van der Waals surface area contributed by atoms with Gasteiger partial charge in [-0.05, 0) is 12.8 Å². The van der Waals surface area contributed by atoms with Crippen LogP contribution in [0.1, 0.15) is 23.3 Å². The lowest BCUT2D eigenvalue weighted by molar-refractivity contribution is 0.102. The lowest BCUT2D eigenvalue weighted by Crippen LogP contribution is -2.18. The van der Waals surface area contributed by atoms with Crippen molar-refractivity contribution in [3.8, 4) is 0 Å². The van der Waals surface area contributed by atoms with Gasteiger partial charge in [0.25, 0.3) is 5.91 Å². The molecule has 20 heavy (non-hydrogen) atoms. The first-order valence-corrected chi connectivity index (χ1v) is 8.09. The Balaban J connectivity index is 1.54. The summed E-state index contributed by atoms with van der Waals surface area (Å²) in [7, 11) is 0. The molecule has 1 aliphatic heterocycles. The first-order chi connectivity index (χ1) is 9.81. The van der Waals surface area contributed by atoms with E-state index >= 15 is 0 Å². The summed E-state index contributed by atoms with van der Waals surface area (Å²) >= 11 is 2.80. The minimum Gasteiger partial charge on any atom is -0.376 e. The van der Waals surface area contributed by atoms with E-state index in [1.54, 1.807) is 11.6 Å². The van der Waals surface area contributed by atoms with Gasteiger partial charge in [-0.2, -0.15) is 0 Å². The number of ether oxygens (including phenoxy) is 1. The Kier molecular flexibility index (Phi) is 4.24. The van der Waals surface area contributed by atoms with Crippen LogP contribution in [0.5, 0.6) is 0 Å². The molecule has 106 valence electrons. The van der Waals surface area contributed by atoms with Crippen LogP contribution in [-0.4, -0.2) is 35.1 Å². The molecule has 3 rings (SSSR count). The van der Waals surface area contributed by atoms with E-state index in [1.807, 2.05) is 5.38 Å². The Bertz CT molecular complexity index is 564. The second kappa shape index (κ2) is 6.29. The number of nitrogens with one attached hydrogen (secondary N) is 2. The van der Waals surface area contributed by atoms with Gasteiger partial charge in [0.2, 0.25) is 0 Å². The highest BCUT2D eigenvalue weighted by atomic mass is 32.1. The van der Waals surface area contributed by atoms with E-state index in [4.69, 9.17) is 4.74 Å². The molecule has 1 fully saturated rings. The SMILES string of the molecule is O=C(Nc1nccs1)c1csc(NC[C@@H]2CCCO2)n1. The zero-order valence-electron chi connectivity index (χ0n) is 10.7. The predicted octanol–water partition coefficient (Wildman–Crippen LogP) is 2.44. The van der Waals surface area contributed by atoms with E-state index in [-0.39, 0.29) is 12.0 Å². The third kappa shape index (κ3) is 3.33. The number of hydrogen-bond donors (Lipinski definition) is 2. The Morgan fingerprint density at radius 1 is 1.45 bits per heavy atom. The molecule has 3 heterocycles. The molecule has 1 atom stereocenters. The number of thiazole rings is 2. The number of amides is 1.